The first-order valence-electron chi connectivity index (χ1n) is 7.39. The smallest absolute Gasteiger partial charge is 0.181 e. The molecule has 0 unspecified atom stereocenters. The molecule has 21 heavy (non-hydrogen) atoms. The minimum absolute atomic E-state index is 0.832. The largest absolute Gasteiger partial charge is 0.443 e. The summed E-state index contributed by atoms with van der Waals surface area (Å²) in [6.45, 7) is 4.36. The third-order valence-corrected chi connectivity index (χ3v) is 3.71. The number of unbranched alkanes of at least 4 members (excludes halogenated alkanes) is 1. The van der Waals surface area contributed by atoms with Gasteiger partial charge in [0.15, 0.2) is 12.0 Å². The molecule has 0 aliphatic carbocycles. The van der Waals surface area contributed by atoms with Gasteiger partial charge >= 0.3 is 0 Å². The van der Waals surface area contributed by atoms with E-state index in [-0.39, 0.29) is 0 Å². The van der Waals surface area contributed by atoms with Crippen molar-refractivity contribution in [3.63, 3.8) is 0 Å². The third-order valence-electron chi connectivity index (χ3n) is 3.71. The SMILES string of the molecule is CCC/C=C(/c1ccc2ocnc2c1)c1ccccc1C. The standard InChI is InChI=1S/C19H19NO/c1-3-4-8-17(16-9-6-5-7-14(16)2)15-10-11-19-18(12-15)20-13-21-19/h5-13H,3-4H2,1-2H3/b17-8-. The summed E-state index contributed by atoms with van der Waals surface area (Å²) in [5, 5.41) is 0. The molecule has 2 aromatic carbocycles. The third kappa shape index (κ3) is 2.75. The van der Waals surface area contributed by atoms with Crippen LogP contribution in [0.25, 0.3) is 16.7 Å². The lowest BCUT2D eigenvalue weighted by molar-refractivity contribution is 0.602. The topological polar surface area (TPSA) is 26.0 Å². The molecule has 0 radical (unpaired) electrons. The van der Waals surface area contributed by atoms with Gasteiger partial charge in [-0.05, 0) is 47.7 Å². The Morgan fingerprint density at radius 1 is 1.19 bits per heavy atom. The maximum atomic E-state index is 5.33. The molecule has 0 fully saturated rings. The van der Waals surface area contributed by atoms with Gasteiger partial charge < -0.3 is 4.42 Å². The summed E-state index contributed by atoms with van der Waals surface area (Å²) in [5.41, 5.74) is 6.79. The van der Waals surface area contributed by atoms with Gasteiger partial charge in [0.25, 0.3) is 0 Å². The van der Waals surface area contributed by atoms with Crippen LogP contribution < -0.4 is 0 Å². The lowest BCUT2D eigenvalue weighted by atomic mass is 9.93. The first kappa shape index (κ1) is 13.6. The summed E-state index contributed by atoms with van der Waals surface area (Å²) in [6, 6.07) is 14.7. The minimum Gasteiger partial charge on any atom is -0.443 e. The van der Waals surface area contributed by atoms with Crippen LogP contribution in [0, 0.1) is 6.92 Å². The second-order valence-corrected chi connectivity index (χ2v) is 5.26. The van der Waals surface area contributed by atoms with Crippen molar-refractivity contribution in [1.82, 2.24) is 4.98 Å². The lowest BCUT2D eigenvalue weighted by Gasteiger charge is -2.11. The number of oxazole rings is 1. The van der Waals surface area contributed by atoms with Crippen molar-refractivity contribution in [2.24, 2.45) is 0 Å². The van der Waals surface area contributed by atoms with E-state index in [2.05, 4.69) is 61.3 Å². The second-order valence-electron chi connectivity index (χ2n) is 5.26. The van der Waals surface area contributed by atoms with Gasteiger partial charge in [-0.25, -0.2) is 4.98 Å². The van der Waals surface area contributed by atoms with Crippen LogP contribution in [-0.2, 0) is 0 Å². The van der Waals surface area contributed by atoms with Crippen molar-refractivity contribution >= 4 is 16.7 Å². The highest BCUT2D eigenvalue weighted by molar-refractivity contribution is 5.86. The predicted molar refractivity (Wildman–Crippen MR) is 87.2 cm³/mol. The molecule has 0 atom stereocenters. The summed E-state index contributed by atoms with van der Waals surface area (Å²) in [7, 11) is 0. The zero-order chi connectivity index (χ0) is 14.7. The Kier molecular flexibility index (Phi) is 3.87. The molecule has 0 aliphatic heterocycles. The van der Waals surface area contributed by atoms with Crippen LogP contribution in [0.15, 0.2) is 59.4 Å². The highest BCUT2D eigenvalue weighted by atomic mass is 16.3. The normalized spacial score (nSPS) is 12.0. The van der Waals surface area contributed by atoms with Crippen molar-refractivity contribution in [1.29, 1.82) is 0 Å². The summed E-state index contributed by atoms with van der Waals surface area (Å²) >= 11 is 0. The molecule has 0 aliphatic rings. The molecule has 0 bridgehead atoms. The second kappa shape index (κ2) is 5.96. The van der Waals surface area contributed by atoms with E-state index in [1.165, 1.54) is 28.7 Å². The van der Waals surface area contributed by atoms with Gasteiger partial charge in [0.1, 0.15) is 5.52 Å². The molecule has 1 aromatic heterocycles. The van der Waals surface area contributed by atoms with Crippen molar-refractivity contribution < 1.29 is 4.42 Å². The summed E-state index contributed by atoms with van der Waals surface area (Å²) in [6.07, 6.45) is 6.03. The van der Waals surface area contributed by atoms with E-state index in [0.29, 0.717) is 0 Å². The van der Waals surface area contributed by atoms with Gasteiger partial charge in [0.2, 0.25) is 0 Å². The van der Waals surface area contributed by atoms with E-state index in [1.54, 1.807) is 0 Å². The fourth-order valence-corrected chi connectivity index (χ4v) is 2.57. The molecule has 0 N–H and O–H groups in total. The number of aryl methyl sites for hydroxylation is 1. The molecule has 106 valence electrons. The first-order chi connectivity index (χ1) is 10.3. The van der Waals surface area contributed by atoms with E-state index in [1.807, 2.05) is 6.07 Å². The Morgan fingerprint density at radius 3 is 2.86 bits per heavy atom. The zero-order valence-corrected chi connectivity index (χ0v) is 12.5. The molecule has 3 aromatic rings. The van der Waals surface area contributed by atoms with Gasteiger partial charge in [0, 0.05) is 0 Å². The Hall–Kier alpha value is -2.35. The van der Waals surface area contributed by atoms with E-state index >= 15 is 0 Å². The molecule has 1 heterocycles. The van der Waals surface area contributed by atoms with Crippen LogP contribution in [0.3, 0.4) is 0 Å². The Labute approximate surface area is 125 Å². The number of hydrogen-bond acceptors (Lipinski definition) is 2. The van der Waals surface area contributed by atoms with Crippen molar-refractivity contribution in [2.75, 3.05) is 0 Å². The first-order valence-corrected chi connectivity index (χ1v) is 7.39. The molecular formula is C19H19NO. The van der Waals surface area contributed by atoms with Crippen LogP contribution in [0.4, 0.5) is 0 Å². The Bertz CT molecular complexity index is 783. The van der Waals surface area contributed by atoms with Crippen LogP contribution in [0.2, 0.25) is 0 Å². The van der Waals surface area contributed by atoms with E-state index in [4.69, 9.17) is 4.42 Å². The highest BCUT2D eigenvalue weighted by Crippen LogP contribution is 2.29. The van der Waals surface area contributed by atoms with Crippen LogP contribution >= 0.6 is 0 Å². The molecule has 0 saturated heterocycles. The fourth-order valence-electron chi connectivity index (χ4n) is 2.57. The Balaban J connectivity index is 2.13. The van der Waals surface area contributed by atoms with Crippen LogP contribution in [-0.4, -0.2) is 4.98 Å². The molecule has 3 rings (SSSR count). The summed E-state index contributed by atoms with van der Waals surface area (Å²) in [4.78, 5) is 4.26. The molecule has 0 spiro atoms. The number of fused-ring (bicyclic) bond motifs is 1. The van der Waals surface area contributed by atoms with Crippen molar-refractivity contribution in [3.8, 4) is 0 Å². The van der Waals surface area contributed by atoms with Crippen molar-refractivity contribution in [3.05, 3.63) is 71.6 Å². The Morgan fingerprint density at radius 2 is 2.05 bits per heavy atom. The van der Waals surface area contributed by atoms with E-state index < -0.39 is 0 Å². The number of hydrogen-bond donors (Lipinski definition) is 0. The zero-order valence-electron chi connectivity index (χ0n) is 12.5. The van der Waals surface area contributed by atoms with E-state index in [0.717, 1.165) is 23.9 Å². The van der Waals surface area contributed by atoms with Gasteiger partial charge in [-0.2, -0.15) is 0 Å². The number of allylic oxidation sites excluding steroid dienone is 1. The number of nitrogens with zero attached hydrogens (tertiary/aromatic N) is 1. The van der Waals surface area contributed by atoms with Gasteiger partial charge in [-0.1, -0.05) is 49.8 Å². The lowest BCUT2D eigenvalue weighted by Crippen LogP contribution is -1.92. The maximum Gasteiger partial charge on any atom is 0.181 e. The number of benzene rings is 2. The number of rotatable bonds is 4. The van der Waals surface area contributed by atoms with Gasteiger partial charge in [0.05, 0.1) is 0 Å². The van der Waals surface area contributed by atoms with Crippen molar-refractivity contribution in [2.45, 2.75) is 26.7 Å². The van der Waals surface area contributed by atoms with E-state index in [9.17, 15) is 0 Å². The van der Waals surface area contributed by atoms with Crippen LogP contribution in [0.1, 0.15) is 36.5 Å². The highest BCUT2D eigenvalue weighted by Gasteiger charge is 2.09. The molecule has 2 heteroatoms. The van der Waals surface area contributed by atoms with Crippen LogP contribution in [0.5, 0.6) is 0 Å². The average molecular weight is 277 g/mol. The van der Waals surface area contributed by atoms with Gasteiger partial charge in [-0.15, -0.1) is 0 Å². The molecular weight excluding hydrogens is 258 g/mol. The van der Waals surface area contributed by atoms with Gasteiger partial charge in [-0.3, -0.25) is 0 Å². The summed E-state index contributed by atoms with van der Waals surface area (Å²) in [5.74, 6) is 0. The quantitative estimate of drug-likeness (QED) is 0.641. The number of aromatic nitrogens is 1. The molecule has 2 nitrogen and oxygen atoms in total. The average Bonchev–Trinajstić information content (AvgIpc) is 2.97. The minimum atomic E-state index is 0.832. The predicted octanol–water partition coefficient (Wildman–Crippen LogP) is 5.37. The molecule has 0 saturated carbocycles. The monoisotopic (exact) mass is 277 g/mol. The fraction of sp³-hybridized carbons (Fsp3) is 0.211. The molecule has 0 amide bonds. The summed E-state index contributed by atoms with van der Waals surface area (Å²) < 4.78 is 5.33. The maximum absolute atomic E-state index is 5.33.